The Morgan fingerprint density at radius 2 is 0.833 bits per heavy atom. The number of phenols is 2. The number of anilines is 4. The van der Waals surface area contributed by atoms with Crippen molar-refractivity contribution in [3.8, 4) is 11.5 Å². The second-order valence-corrected chi connectivity index (χ2v) is 15.0. The van der Waals surface area contributed by atoms with Crippen molar-refractivity contribution < 1.29 is 50.5 Å². The molecule has 17 heteroatoms. The quantitative estimate of drug-likeness (QED) is 0.0760. The molecule has 0 aromatic heterocycles. The third-order valence-corrected chi connectivity index (χ3v) is 10.3. The van der Waals surface area contributed by atoms with E-state index in [0.29, 0.717) is 22.5 Å². The molecule has 0 aliphatic rings. The lowest BCUT2D eigenvalue weighted by molar-refractivity contribution is 0.101. The number of urea groups is 1. The molecule has 0 heterocycles. The number of fused-ring (bicyclic) bond motifs is 2. The van der Waals surface area contributed by atoms with Gasteiger partial charge in [-0.25, -0.2) is 4.79 Å². The number of aryl methyl sites for hydroxylation is 2. The van der Waals surface area contributed by atoms with Gasteiger partial charge in [-0.1, -0.05) is 0 Å². The molecule has 0 unspecified atom stereocenters. The Balaban J connectivity index is 1.12. The molecule has 8 N–H and O–H groups in total. The second-order valence-electron chi connectivity index (χ2n) is 12.2. The fourth-order valence-corrected chi connectivity index (χ4v) is 7.22. The minimum absolute atomic E-state index is 0.00723. The molecule has 0 fully saturated rings. The van der Waals surface area contributed by atoms with E-state index < -0.39 is 47.9 Å². The van der Waals surface area contributed by atoms with Crippen molar-refractivity contribution in [3.05, 3.63) is 119 Å². The first-order valence-electron chi connectivity index (χ1n) is 15.8. The predicted octanol–water partition coefficient (Wildman–Crippen LogP) is 6.66. The summed E-state index contributed by atoms with van der Waals surface area (Å²) < 4.78 is 66.6. The van der Waals surface area contributed by atoms with Crippen molar-refractivity contribution in [3.63, 3.8) is 0 Å². The second kappa shape index (κ2) is 14.1. The van der Waals surface area contributed by atoms with Crippen LogP contribution in [0.2, 0.25) is 0 Å². The average molecular weight is 771 g/mol. The Morgan fingerprint density at radius 1 is 0.463 bits per heavy atom. The van der Waals surface area contributed by atoms with E-state index in [0.717, 1.165) is 24.3 Å². The Kier molecular flexibility index (Phi) is 9.74. The van der Waals surface area contributed by atoms with Crippen LogP contribution < -0.4 is 21.3 Å². The van der Waals surface area contributed by atoms with Crippen molar-refractivity contribution >= 4 is 82.4 Å². The maximum atomic E-state index is 13.2. The Hall–Kier alpha value is -6.53. The number of nitrogens with one attached hydrogen (secondary N) is 4. The molecule has 0 aliphatic heterocycles. The van der Waals surface area contributed by atoms with Gasteiger partial charge in [-0.2, -0.15) is 16.8 Å². The lowest BCUT2D eigenvalue weighted by Crippen LogP contribution is -2.21. The van der Waals surface area contributed by atoms with Gasteiger partial charge in [-0.05, 0) is 122 Å². The summed E-state index contributed by atoms with van der Waals surface area (Å²) in [6.07, 6.45) is 0. The van der Waals surface area contributed by atoms with E-state index in [1.54, 1.807) is 13.8 Å². The number of carbonyl (C=O) groups excluding carboxylic acids is 3. The molecule has 6 aromatic carbocycles. The van der Waals surface area contributed by atoms with Crippen LogP contribution in [-0.4, -0.2) is 54.0 Å². The number of phenolic OH excluding ortho intramolecular Hbond substituents is 2. The molecule has 0 atom stereocenters. The summed E-state index contributed by atoms with van der Waals surface area (Å²) in [7, 11) is -9.24. The van der Waals surface area contributed by atoms with Crippen LogP contribution in [0.4, 0.5) is 27.5 Å². The number of hydrogen-bond acceptors (Lipinski definition) is 9. The zero-order chi connectivity index (χ0) is 39.1. The van der Waals surface area contributed by atoms with Crippen LogP contribution in [-0.2, 0) is 20.2 Å². The molecule has 0 saturated carbocycles. The van der Waals surface area contributed by atoms with Gasteiger partial charge in [0.05, 0.1) is 0 Å². The maximum absolute atomic E-state index is 13.2. The summed E-state index contributed by atoms with van der Waals surface area (Å²) in [4.78, 5) is 38.4. The van der Waals surface area contributed by atoms with Gasteiger partial charge in [0.1, 0.15) is 21.3 Å². The van der Waals surface area contributed by atoms with Crippen LogP contribution in [0.3, 0.4) is 0 Å². The van der Waals surface area contributed by atoms with Gasteiger partial charge in [0, 0.05) is 55.4 Å². The summed E-state index contributed by atoms with van der Waals surface area (Å²) in [6, 6.07) is 21.0. The highest BCUT2D eigenvalue weighted by Crippen LogP contribution is 2.34. The summed E-state index contributed by atoms with van der Waals surface area (Å²) in [5.41, 5.74) is 2.72. The SMILES string of the molecule is Cc1cc(C(=O)Nc2ccc(S(=O)(=O)O)c3cc(O)ccc23)ccc1NC(=O)Nc1ccc(C(=O)Nc2ccc(S(=O)(=O)O)c3cc(O)ccc23)cc1C. The molecule has 0 spiro atoms. The molecule has 4 amide bonds. The van der Waals surface area contributed by atoms with Gasteiger partial charge in [-0.15, -0.1) is 0 Å². The van der Waals surface area contributed by atoms with E-state index >= 15 is 0 Å². The van der Waals surface area contributed by atoms with E-state index in [2.05, 4.69) is 21.3 Å². The molecule has 0 radical (unpaired) electrons. The van der Waals surface area contributed by atoms with Gasteiger partial charge in [0.2, 0.25) is 0 Å². The van der Waals surface area contributed by atoms with Crippen molar-refractivity contribution in [2.45, 2.75) is 23.6 Å². The van der Waals surface area contributed by atoms with Crippen LogP contribution in [0.5, 0.6) is 11.5 Å². The normalized spacial score (nSPS) is 11.6. The van der Waals surface area contributed by atoms with E-state index in [1.807, 2.05) is 0 Å². The monoisotopic (exact) mass is 770 g/mol. The highest BCUT2D eigenvalue weighted by Gasteiger charge is 2.20. The van der Waals surface area contributed by atoms with Gasteiger partial charge in [-0.3, -0.25) is 18.7 Å². The Morgan fingerprint density at radius 3 is 1.19 bits per heavy atom. The largest absolute Gasteiger partial charge is 0.508 e. The van der Waals surface area contributed by atoms with Crippen LogP contribution in [0.15, 0.2) is 107 Å². The van der Waals surface area contributed by atoms with Crippen molar-refractivity contribution in [2.24, 2.45) is 0 Å². The minimum atomic E-state index is -4.62. The summed E-state index contributed by atoms with van der Waals surface area (Å²) >= 11 is 0. The topological polar surface area (TPSA) is 249 Å². The van der Waals surface area contributed by atoms with E-state index in [-0.39, 0.29) is 55.5 Å². The summed E-state index contributed by atoms with van der Waals surface area (Å²) in [5, 5.41) is 31.1. The van der Waals surface area contributed by atoms with Gasteiger partial charge >= 0.3 is 6.03 Å². The zero-order valence-corrected chi connectivity index (χ0v) is 29.8. The molecule has 0 bridgehead atoms. The molecule has 6 aromatic rings. The standard InChI is InChI=1S/C37H30N4O11S2/c1-19-15-21(35(44)38-31-11-13-33(53(47,48)49)27-17-23(42)5-7-25(27)31)3-9-29(19)40-37(46)41-30-10-4-22(16-20(30)2)36(45)39-32-12-14-34(54(50,51)52)28-18-24(43)6-8-26(28)32/h3-18,42-43H,1-2H3,(H,38,44)(H,39,45)(H2,40,41,46)(H,47,48,49)(H,50,51,52). The lowest BCUT2D eigenvalue weighted by Gasteiger charge is -2.15. The zero-order valence-electron chi connectivity index (χ0n) is 28.2. The van der Waals surface area contributed by atoms with Crippen molar-refractivity contribution in [2.75, 3.05) is 21.3 Å². The number of amides is 4. The summed E-state index contributed by atoms with van der Waals surface area (Å²) in [6.45, 7) is 3.35. The van der Waals surface area contributed by atoms with E-state index in [1.165, 1.54) is 72.8 Å². The Labute approximate surface area is 307 Å². The van der Waals surface area contributed by atoms with Crippen LogP contribution in [0.1, 0.15) is 31.8 Å². The number of benzene rings is 6. The highest BCUT2D eigenvalue weighted by molar-refractivity contribution is 7.86. The molecule has 276 valence electrons. The lowest BCUT2D eigenvalue weighted by atomic mass is 10.1. The van der Waals surface area contributed by atoms with E-state index in [4.69, 9.17) is 0 Å². The first kappa shape index (κ1) is 37.2. The highest BCUT2D eigenvalue weighted by atomic mass is 32.2. The predicted molar refractivity (Wildman–Crippen MR) is 202 cm³/mol. The van der Waals surface area contributed by atoms with Crippen LogP contribution in [0.25, 0.3) is 21.5 Å². The molecule has 0 saturated heterocycles. The van der Waals surface area contributed by atoms with Crippen molar-refractivity contribution in [1.82, 2.24) is 0 Å². The molecular weight excluding hydrogens is 741 g/mol. The van der Waals surface area contributed by atoms with Gasteiger partial charge in [0.25, 0.3) is 32.1 Å². The number of hydrogen-bond donors (Lipinski definition) is 8. The number of aromatic hydroxyl groups is 2. The fourth-order valence-electron chi connectivity index (χ4n) is 5.84. The van der Waals surface area contributed by atoms with Crippen LogP contribution >= 0.6 is 0 Å². The van der Waals surface area contributed by atoms with Crippen LogP contribution in [0, 0.1) is 13.8 Å². The Bertz CT molecular complexity index is 2600. The third kappa shape index (κ3) is 7.79. The van der Waals surface area contributed by atoms with Gasteiger partial charge in [0.15, 0.2) is 0 Å². The van der Waals surface area contributed by atoms with E-state index in [9.17, 15) is 50.5 Å². The molecule has 15 nitrogen and oxygen atoms in total. The minimum Gasteiger partial charge on any atom is -0.508 e. The number of carbonyl (C=O) groups is 3. The maximum Gasteiger partial charge on any atom is 0.323 e. The molecule has 6 rings (SSSR count). The average Bonchev–Trinajstić information content (AvgIpc) is 3.08. The molecule has 54 heavy (non-hydrogen) atoms. The number of rotatable bonds is 8. The smallest absolute Gasteiger partial charge is 0.323 e. The molecule has 0 aliphatic carbocycles. The van der Waals surface area contributed by atoms with Crippen molar-refractivity contribution in [1.29, 1.82) is 0 Å². The third-order valence-electron chi connectivity index (χ3n) is 8.45. The first-order chi connectivity index (χ1) is 25.4. The van der Waals surface area contributed by atoms with Gasteiger partial charge < -0.3 is 31.5 Å². The fraction of sp³-hybridized carbons (Fsp3) is 0.0541. The first-order valence-corrected chi connectivity index (χ1v) is 18.7. The summed E-state index contributed by atoms with van der Waals surface area (Å²) in [5.74, 6) is -1.58. The molecular formula is C37H30N4O11S2.